The Hall–Kier alpha value is -1.55. The zero-order valence-corrected chi connectivity index (χ0v) is 10.7. The predicted molar refractivity (Wildman–Crippen MR) is 68.7 cm³/mol. The summed E-state index contributed by atoms with van der Waals surface area (Å²) in [6.45, 7) is -0.232. The number of H-pyrrole nitrogens is 1. The maximum Gasteiger partial charge on any atom is 0.200 e. The lowest BCUT2D eigenvalue weighted by Gasteiger charge is -2.13. The van der Waals surface area contributed by atoms with Crippen molar-refractivity contribution >= 4 is 29.3 Å². The molecule has 1 saturated heterocycles. The van der Waals surface area contributed by atoms with E-state index in [0.717, 1.165) is 0 Å². The van der Waals surface area contributed by atoms with E-state index >= 15 is 0 Å². The number of hydrogen-bond donors (Lipinski definition) is 4. The SMILES string of the molecule is Nc1nc(=S)c2ncn([C@H]3C[C@@H](O)[C@@H](CO)O3)c2[nH]1. The Morgan fingerprint density at radius 2 is 2.42 bits per heavy atom. The van der Waals surface area contributed by atoms with E-state index in [-0.39, 0.29) is 12.6 Å². The Kier molecular flexibility index (Phi) is 2.97. The Morgan fingerprint density at radius 1 is 1.63 bits per heavy atom. The number of aromatic nitrogens is 4. The highest BCUT2D eigenvalue weighted by Crippen LogP contribution is 2.30. The normalized spacial score (nSPS) is 27.2. The lowest BCUT2D eigenvalue weighted by molar-refractivity contribution is -0.0432. The number of fused-ring (bicyclic) bond motifs is 1. The summed E-state index contributed by atoms with van der Waals surface area (Å²) < 4.78 is 7.57. The number of nitrogen functional groups attached to an aromatic ring is 1. The first kappa shape index (κ1) is 12.5. The maximum absolute atomic E-state index is 9.75. The lowest BCUT2D eigenvalue weighted by atomic mass is 10.2. The second-order valence-corrected chi connectivity index (χ2v) is 4.78. The Bertz CT molecular complexity index is 669. The monoisotopic (exact) mass is 283 g/mol. The van der Waals surface area contributed by atoms with Crippen LogP contribution in [0.4, 0.5) is 5.95 Å². The summed E-state index contributed by atoms with van der Waals surface area (Å²) >= 11 is 5.08. The minimum absolute atomic E-state index is 0.191. The summed E-state index contributed by atoms with van der Waals surface area (Å²) in [5.41, 5.74) is 6.74. The molecular weight excluding hydrogens is 270 g/mol. The zero-order chi connectivity index (χ0) is 13.6. The van der Waals surface area contributed by atoms with E-state index in [1.165, 1.54) is 0 Å². The molecule has 0 spiro atoms. The van der Waals surface area contributed by atoms with Gasteiger partial charge in [-0.05, 0) is 0 Å². The molecule has 1 fully saturated rings. The van der Waals surface area contributed by atoms with E-state index in [4.69, 9.17) is 27.8 Å². The van der Waals surface area contributed by atoms with E-state index in [2.05, 4.69) is 15.0 Å². The van der Waals surface area contributed by atoms with Gasteiger partial charge < -0.3 is 25.7 Å². The second kappa shape index (κ2) is 4.53. The van der Waals surface area contributed by atoms with Crippen LogP contribution in [0.15, 0.2) is 6.33 Å². The molecule has 0 radical (unpaired) electrons. The second-order valence-electron chi connectivity index (χ2n) is 4.39. The molecule has 3 atom stereocenters. The highest BCUT2D eigenvalue weighted by Gasteiger charge is 2.35. The molecule has 0 bridgehead atoms. The third-order valence-electron chi connectivity index (χ3n) is 3.16. The van der Waals surface area contributed by atoms with Crippen molar-refractivity contribution < 1.29 is 14.9 Å². The Morgan fingerprint density at radius 3 is 3.11 bits per heavy atom. The molecule has 19 heavy (non-hydrogen) atoms. The van der Waals surface area contributed by atoms with Gasteiger partial charge in [-0.3, -0.25) is 4.57 Å². The van der Waals surface area contributed by atoms with E-state index in [9.17, 15) is 5.11 Å². The lowest BCUT2D eigenvalue weighted by Crippen LogP contribution is -2.24. The molecule has 8 nitrogen and oxygen atoms in total. The summed E-state index contributed by atoms with van der Waals surface area (Å²) in [5.74, 6) is 0.191. The molecule has 1 aliphatic heterocycles. The largest absolute Gasteiger partial charge is 0.394 e. The van der Waals surface area contributed by atoms with Gasteiger partial charge in [0.05, 0.1) is 19.0 Å². The number of hydrogen-bond acceptors (Lipinski definition) is 7. The number of nitrogens with zero attached hydrogens (tertiary/aromatic N) is 3. The van der Waals surface area contributed by atoms with Crippen LogP contribution in [0, 0.1) is 4.64 Å². The molecule has 1 aliphatic rings. The molecule has 5 N–H and O–H groups in total. The third kappa shape index (κ3) is 2.00. The first-order valence-electron chi connectivity index (χ1n) is 5.77. The molecular formula is C10H13N5O3S. The number of aliphatic hydroxyl groups is 2. The van der Waals surface area contributed by atoms with Crippen molar-refractivity contribution in [3.63, 3.8) is 0 Å². The summed E-state index contributed by atoms with van der Waals surface area (Å²) in [6, 6.07) is 0. The first-order valence-corrected chi connectivity index (χ1v) is 6.17. The minimum atomic E-state index is -0.713. The van der Waals surface area contributed by atoms with Gasteiger partial charge in [0.25, 0.3) is 0 Å². The van der Waals surface area contributed by atoms with Gasteiger partial charge in [0, 0.05) is 6.42 Å². The number of nitrogens with two attached hydrogens (primary N) is 1. The predicted octanol–water partition coefficient (Wildman–Crippen LogP) is -0.288. The van der Waals surface area contributed by atoms with Crippen molar-refractivity contribution in [2.24, 2.45) is 0 Å². The number of aliphatic hydroxyl groups excluding tert-OH is 2. The van der Waals surface area contributed by atoms with Crippen molar-refractivity contribution in [2.45, 2.75) is 24.9 Å². The van der Waals surface area contributed by atoms with Crippen molar-refractivity contribution in [2.75, 3.05) is 12.3 Å². The van der Waals surface area contributed by atoms with Gasteiger partial charge in [-0.1, -0.05) is 12.2 Å². The zero-order valence-electron chi connectivity index (χ0n) is 9.85. The topological polar surface area (TPSA) is 122 Å². The van der Waals surface area contributed by atoms with E-state index < -0.39 is 18.4 Å². The molecule has 9 heteroatoms. The van der Waals surface area contributed by atoms with Crippen LogP contribution in [0.5, 0.6) is 0 Å². The summed E-state index contributed by atoms with van der Waals surface area (Å²) in [6.07, 6.45) is 0.179. The van der Waals surface area contributed by atoms with E-state index in [1.54, 1.807) is 10.9 Å². The minimum Gasteiger partial charge on any atom is -0.394 e. The number of aromatic amines is 1. The molecule has 0 saturated carbocycles. The van der Waals surface area contributed by atoms with Crippen LogP contribution < -0.4 is 5.73 Å². The average molecular weight is 283 g/mol. The smallest absolute Gasteiger partial charge is 0.200 e. The Balaban J connectivity index is 2.05. The van der Waals surface area contributed by atoms with Gasteiger partial charge in [0.2, 0.25) is 0 Å². The van der Waals surface area contributed by atoms with Crippen molar-refractivity contribution in [3.05, 3.63) is 11.0 Å². The van der Waals surface area contributed by atoms with Crippen molar-refractivity contribution in [1.29, 1.82) is 0 Å². The van der Waals surface area contributed by atoms with Crippen LogP contribution in [0.3, 0.4) is 0 Å². The number of imidazole rings is 1. The van der Waals surface area contributed by atoms with Gasteiger partial charge in [0.15, 0.2) is 10.6 Å². The van der Waals surface area contributed by atoms with Crippen LogP contribution >= 0.6 is 12.2 Å². The van der Waals surface area contributed by atoms with Crippen LogP contribution in [-0.2, 0) is 4.74 Å². The standard InChI is InChI=1S/C10H13N5O3S/c11-10-13-8-7(9(19)14-10)12-3-15(8)6-1-4(17)5(2-16)18-6/h3-6,16-17H,1-2H2,(H3,11,13,14,19)/t4-,5-,6-/m1/s1. The molecule has 2 aromatic heterocycles. The molecule has 0 amide bonds. The molecule has 102 valence electrons. The van der Waals surface area contributed by atoms with Gasteiger partial charge in [-0.2, -0.15) is 0 Å². The van der Waals surface area contributed by atoms with Gasteiger partial charge in [-0.25, -0.2) is 9.97 Å². The summed E-state index contributed by atoms with van der Waals surface area (Å²) in [5, 5.41) is 18.8. The fourth-order valence-electron chi connectivity index (χ4n) is 2.22. The van der Waals surface area contributed by atoms with E-state index in [0.29, 0.717) is 22.2 Å². The summed E-state index contributed by atoms with van der Waals surface area (Å²) in [4.78, 5) is 11.0. The highest BCUT2D eigenvalue weighted by molar-refractivity contribution is 7.71. The molecule has 3 rings (SSSR count). The number of ether oxygens (including phenoxy) is 1. The van der Waals surface area contributed by atoms with Crippen LogP contribution in [0.1, 0.15) is 12.6 Å². The van der Waals surface area contributed by atoms with Gasteiger partial charge in [-0.15, -0.1) is 0 Å². The highest BCUT2D eigenvalue weighted by atomic mass is 32.1. The quantitative estimate of drug-likeness (QED) is 0.559. The number of rotatable bonds is 2. The number of nitrogens with one attached hydrogen (secondary N) is 1. The average Bonchev–Trinajstić information content (AvgIpc) is 2.92. The fourth-order valence-corrected chi connectivity index (χ4v) is 2.47. The Labute approximate surface area is 112 Å². The molecule has 0 aliphatic carbocycles. The maximum atomic E-state index is 9.75. The molecule has 3 heterocycles. The van der Waals surface area contributed by atoms with Crippen LogP contribution in [-0.4, -0.2) is 48.5 Å². The first-order chi connectivity index (χ1) is 9.10. The van der Waals surface area contributed by atoms with Crippen LogP contribution in [0.25, 0.3) is 11.2 Å². The van der Waals surface area contributed by atoms with E-state index in [1.807, 2.05) is 0 Å². The molecule has 0 unspecified atom stereocenters. The van der Waals surface area contributed by atoms with Gasteiger partial charge >= 0.3 is 0 Å². The third-order valence-corrected chi connectivity index (χ3v) is 3.44. The number of anilines is 1. The van der Waals surface area contributed by atoms with Crippen LogP contribution in [0.2, 0.25) is 0 Å². The van der Waals surface area contributed by atoms with Crippen molar-refractivity contribution in [3.8, 4) is 0 Å². The molecule has 2 aromatic rings. The fraction of sp³-hybridized carbons (Fsp3) is 0.500. The van der Waals surface area contributed by atoms with Gasteiger partial charge in [0.1, 0.15) is 23.5 Å². The summed E-state index contributed by atoms with van der Waals surface area (Å²) in [7, 11) is 0. The molecule has 0 aromatic carbocycles. The van der Waals surface area contributed by atoms with Crippen molar-refractivity contribution in [1.82, 2.24) is 19.5 Å².